The fourth-order valence-electron chi connectivity index (χ4n) is 4.32. The van der Waals surface area contributed by atoms with Crippen molar-refractivity contribution in [3.63, 3.8) is 0 Å². The topological polar surface area (TPSA) is 133 Å². The summed E-state index contributed by atoms with van der Waals surface area (Å²) in [7, 11) is 0. The number of rotatable bonds is 9. The molecule has 0 atom stereocenters. The van der Waals surface area contributed by atoms with Gasteiger partial charge in [-0.15, -0.1) is 0 Å². The van der Waals surface area contributed by atoms with E-state index in [9.17, 15) is 14.3 Å². The molecule has 5 aromatic rings. The molecule has 2 aromatic heterocycles. The number of amides is 1. The molecule has 3 aromatic carbocycles. The van der Waals surface area contributed by atoms with Crippen LogP contribution in [0.1, 0.15) is 22.8 Å². The van der Waals surface area contributed by atoms with Crippen molar-refractivity contribution in [1.29, 1.82) is 0 Å². The smallest absolute Gasteiger partial charge is 0.255 e. The summed E-state index contributed by atoms with van der Waals surface area (Å²) in [5.74, 6) is -0.166. The molecule has 10 heteroatoms. The number of hydrogen-bond donors (Lipinski definition) is 4. The maximum Gasteiger partial charge on any atom is 0.255 e. The molecule has 0 fully saturated rings. The average Bonchev–Trinajstić information content (AvgIpc) is 3.36. The number of H-pyrrole nitrogens is 1. The van der Waals surface area contributed by atoms with Crippen LogP contribution in [0.25, 0.3) is 33.8 Å². The number of anilines is 2. The largest absolute Gasteiger partial charge is 0.395 e. The van der Waals surface area contributed by atoms with Crippen LogP contribution in [0.5, 0.6) is 0 Å². The number of aromatic amines is 1. The molecule has 5 rings (SSSR count). The molecule has 0 aliphatic carbocycles. The Hall–Kier alpha value is -4.67. The third-order valence-corrected chi connectivity index (χ3v) is 6.35. The van der Waals surface area contributed by atoms with E-state index in [1.54, 1.807) is 30.5 Å². The van der Waals surface area contributed by atoms with E-state index in [0.717, 1.165) is 17.7 Å². The Morgan fingerprint density at radius 2 is 1.95 bits per heavy atom. The lowest BCUT2D eigenvalue weighted by Crippen LogP contribution is -2.26. The number of nitrogens with zero attached hydrogens (tertiary/aromatic N) is 4. The molecule has 9 nitrogen and oxygen atoms in total. The van der Waals surface area contributed by atoms with Crippen molar-refractivity contribution in [2.75, 3.05) is 30.7 Å². The fourth-order valence-corrected chi connectivity index (χ4v) is 4.32. The van der Waals surface area contributed by atoms with Gasteiger partial charge in [-0.1, -0.05) is 31.2 Å². The van der Waals surface area contributed by atoms with Crippen molar-refractivity contribution in [3.8, 4) is 22.8 Å². The number of carbonyl (C=O) groups excluding carboxylic acids is 1. The molecule has 0 radical (unpaired) electrons. The van der Waals surface area contributed by atoms with Gasteiger partial charge in [0.05, 0.1) is 29.5 Å². The third kappa shape index (κ3) is 5.92. The van der Waals surface area contributed by atoms with E-state index in [0.29, 0.717) is 52.6 Å². The van der Waals surface area contributed by atoms with Crippen LogP contribution in [0.3, 0.4) is 0 Å². The average molecular weight is 526 g/mol. The molecule has 0 bridgehead atoms. The molecule has 198 valence electrons. The zero-order valence-electron chi connectivity index (χ0n) is 21.4. The molecule has 0 spiro atoms. The molecule has 2 heterocycles. The van der Waals surface area contributed by atoms with Gasteiger partial charge in [0.2, 0.25) is 0 Å². The summed E-state index contributed by atoms with van der Waals surface area (Å²) in [6.07, 6.45) is 1.63. The predicted octanol–water partition coefficient (Wildman–Crippen LogP) is 4.47. The molecule has 0 aliphatic rings. The van der Waals surface area contributed by atoms with Crippen LogP contribution >= 0.6 is 0 Å². The lowest BCUT2D eigenvalue weighted by molar-refractivity contribution is 0.102. The van der Waals surface area contributed by atoms with Gasteiger partial charge in [-0.3, -0.25) is 9.69 Å². The number of nitrogens with one attached hydrogen (secondary N) is 2. The normalized spacial score (nSPS) is 11.3. The van der Waals surface area contributed by atoms with Crippen LogP contribution in [0.15, 0.2) is 72.9 Å². The first-order valence-electron chi connectivity index (χ1n) is 12.6. The van der Waals surface area contributed by atoms with E-state index in [1.165, 1.54) is 18.2 Å². The Morgan fingerprint density at radius 1 is 1.10 bits per heavy atom. The SMILES string of the molecule is CCN(CCO)Cc1cccc(-c2cnc(N)c(-c3nc4cc(C(=O)Nc5cccc(F)c5)ccc4[nH]3)n2)c1. The lowest BCUT2D eigenvalue weighted by atomic mass is 10.1. The van der Waals surface area contributed by atoms with Crippen LogP contribution in [0, 0.1) is 5.82 Å². The Labute approximate surface area is 224 Å². The van der Waals surface area contributed by atoms with Gasteiger partial charge in [0.25, 0.3) is 5.91 Å². The molecular formula is C29H28FN7O2. The first-order chi connectivity index (χ1) is 18.9. The van der Waals surface area contributed by atoms with E-state index in [4.69, 9.17) is 10.7 Å². The van der Waals surface area contributed by atoms with Crippen molar-refractivity contribution < 1.29 is 14.3 Å². The highest BCUT2D eigenvalue weighted by molar-refractivity contribution is 6.06. The molecule has 0 unspecified atom stereocenters. The first-order valence-corrected chi connectivity index (χ1v) is 12.6. The van der Waals surface area contributed by atoms with Crippen molar-refractivity contribution in [2.45, 2.75) is 13.5 Å². The van der Waals surface area contributed by atoms with Crippen LogP contribution in [0.2, 0.25) is 0 Å². The highest BCUT2D eigenvalue weighted by Crippen LogP contribution is 2.27. The highest BCUT2D eigenvalue weighted by atomic mass is 19.1. The van der Waals surface area contributed by atoms with Gasteiger partial charge in [-0.05, 0) is 54.6 Å². The standard InChI is InChI=1S/C29H28FN7O2/c1-2-37(11-12-38)17-18-5-3-6-19(13-18)25-16-32-27(31)26(34-25)28-35-23-10-9-20(14-24(23)36-28)29(39)33-22-8-4-7-21(30)15-22/h3-10,13-16,38H,2,11-12,17H2,1H3,(H2,31,32)(H,33,39)(H,35,36). The predicted molar refractivity (Wildman–Crippen MR) is 149 cm³/mol. The number of halogens is 1. The van der Waals surface area contributed by atoms with Crippen molar-refractivity contribution in [3.05, 3.63) is 89.9 Å². The van der Waals surface area contributed by atoms with Crippen molar-refractivity contribution >= 4 is 28.4 Å². The van der Waals surface area contributed by atoms with E-state index >= 15 is 0 Å². The second-order valence-corrected chi connectivity index (χ2v) is 9.06. The third-order valence-electron chi connectivity index (χ3n) is 6.35. The van der Waals surface area contributed by atoms with Crippen molar-refractivity contribution in [2.24, 2.45) is 0 Å². The molecule has 0 aliphatic heterocycles. The number of imidazole rings is 1. The van der Waals surface area contributed by atoms with Gasteiger partial charge >= 0.3 is 0 Å². The molecule has 5 N–H and O–H groups in total. The second kappa shape index (κ2) is 11.4. The molecule has 39 heavy (non-hydrogen) atoms. The van der Waals surface area contributed by atoms with Gasteiger partial charge < -0.3 is 21.1 Å². The maximum atomic E-state index is 13.5. The summed E-state index contributed by atoms with van der Waals surface area (Å²) in [6, 6.07) is 18.8. The fraction of sp³-hybridized carbons (Fsp3) is 0.172. The Morgan fingerprint density at radius 3 is 2.74 bits per heavy atom. The van der Waals surface area contributed by atoms with Crippen molar-refractivity contribution in [1.82, 2.24) is 24.8 Å². The number of hydrogen-bond acceptors (Lipinski definition) is 7. The Kier molecular flexibility index (Phi) is 7.57. The summed E-state index contributed by atoms with van der Waals surface area (Å²) >= 11 is 0. The summed E-state index contributed by atoms with van der Waals surface area (Å²) in [6.45, 7) is 4.31. The Bertz CT molecular complexity index is 1640. The zero-order chi connectivity index (χ0) is 27.4. The number of aromatic nitrogens is 4. The molecule has 0 saturated heterocycles. The zero-order valence-corrected chi connectivity index (χ0v) is 21.4. The van der Waals surface area contributed by atoms with E-state index in [1.807, 2.05) is 24.3 Å². The number of nitrogen functional groups attached to an aromatic ring is 1. The highest BCUT2D eigenvalue weighted by Gasteiger charge is 2.16. The van der Waals surface area contributed by atoms with Gasteiger partial charge in [0, 0.05) is 29.9 Å². The number of aliphatic hydroxyl groups excluding tert-OH is 1. The summed E-state index contributed by atoms with van der Waals surface area (Å²) in [5.41, 5.74) is 11.2. The quantitative estimate of drug-likeness (QED) is 0.223. The van der Waals surface area contributed by atoms with Gasteiger partial charge in [-0.2, -0.15) is 0 Å². The number of carbonyl (C=O) groups is 1. The monoisotopic (exact) mass is 525 g/mol. The molecular weight excluding hydrogens is 497 g/mol. The number of fused-ring (bicyclic) bond motifs is 1. The number of aliphatic hydroxyl groups is 1. The van der Waals surface area contributed by atoms with E-state index in [-0.39, 0.29) is 18.3 Å². The molecule has 1 amide bonds. The minimum absolute atomic E-state index is 0.108. The minimum atomic E-state index is -0.433. The van der Waals surface area contributed by atoms with Crippen LogP contribution in [-0.4, -0.2) is 55.5 Å². The first kappa shape index (κ1) is 26.0. The summed E-state index contributed by atoms with van der Waals surface area (Å²) < 4.78 is 13.5. The van der Waals surface area contributed by atoms with Gasteiger partial charge in [-0.25, -0.2) is 19.3 Å². The van der Waals surface area contributed by atoms with Crippen LogP contribution in [-0.2, 0) is 6.54 Å². The van der Waals surface area contributed by atoms with Gasteiger partial charge in [0.1, 0.15) is 11.5 Å². The number of benzene rings is 3. The molecule has 0 saturated carbocycles. The maximum absolute atomic E-state index is 13.5. The van der Waals surface area contributed by atoms with Gasteiger partial charge in [0.15, 0.2) is 11.6 Å². The summed E-state index contributed by atoms with van der Waals surface area (Å²) in [4.78, 5) is 31.8. The number of nitrogens with two attached hydrogens (primary N) is 1. The lowest BCUT2D eigenvalue weighted by Gasteiger charge is -2.19. The summed E-state index contributed by atoms with van der Waals surface area (Å²) in [5, 5.41) is 12.0. The Balaban J connectivity index is 1.41. The minimum Gasteiger partial charge on any atom is -0.395 e. The second-order valence-electron chi connectivity index (χ2n) is 9.06. The van der Waals surface area contributed by atoms with Crippen LogP contribution < -0.4 is 11.1 Å². The van der Waals surface area contributed by atoms with E-state index in [2.05, 4.69) is 32.1 Å². The number of likely N-dealkylation sites (N-methyl/N-ethyl adjacent to an activating group) is 1. The van der Waals surface area contributed by atoms with E-state index < -0.39 is 5.82 Å². The van der Waals surface area contributed by atoms with Crippen LogP contribution in [0.4, 0.5) is 15.9 Å².